The Bertz CT molecular complexity index is 535. The maximum absolute atomic E-state index is 11.9. The number of amides is 1. The number of benzene rings is 1. The van der Waals surface area contributed by atoms with Crippen LogP contribution < -0.4 is 5.32 Å². The van der Waals surface area contributed by atoms with Crippen LogP contribution in [-0.4, -0.2) is 10.9 Å². The van der Waals surface area contributed by atoms with Gasteiger partial charge in [-0.2, -0.15) is 0 Å². The second-order valence-electron chi connectivity index (χ2n) is 4.01. The first-order valence-electron chi connectivity index (χ1n) is 5.45. The zero-order valence-electron chi connectivity index (χ0n) is 9.90. The summed E-state index contributed by atoms with van der Waals surface area (Å²) < 4.78 is 0. The Morgan fingerprint density at radius 3 is 2.76 bits per heavy atom. The van der Waals surface area contributed by atoms with Gasteiger partial charge in [0.25, 0.3) is 5.91 Å². The van der Waals surface area contributed by atoms with Gasteiger partial charge in [0.1, 0.15) is 0 Å². The Balaban J connectivity index is 2.22. The Labute approximate surface area is 101 Å². The van der Waals surface area contributed by atoms with E-state index in [9.17, 15) is 4.79 Å². The minimum Gasteiger partial charge on any atom is -0.322 e. The van der Waals surface area contributed by atoms with Gasteiger partial charge in [0.05, 0.1) is 5.56 Å². The molecule has 1 amide bonds. The summed E-state index contributed by atoms with van der Waals surface area (Å²) in [4.78, 5) is 15.9. The predicted octanol–water partition coefficient (Wildman–Crippen LogP) is 2.95. The molecule has 3 heteroatoms. The highest BCUT2D eigenvalue weighted by molar-refractivity contribution is 6.04. The lowest BCUT2D eigenvalue weighted by Crippen LogP contribution is -2.12. The third kappa shape index (κ3) is 2.69. The van der Waals surface area contributed by atoms with Gasteiger partial charge >= 0.3 is 0 Å². The topological polar surface area (TPSA) is 42.0 Å². The SMILES string of the molecule is Cc1ccc(C)c(NC(=O)c2cccnc2)c1. The van der Waals surface area contributed by atoms with E-state index in [2.05, 4.69) is 10.3 Å². The van der Waals surface area contributed by atoms with Gasteiger partial charge in [-0.05, 0) is 43.2 Å². The van der Waals surface area contributed by atoms with Crippen LogP contribution in [0.5, 0.6) is 0 Å². The number of nitrogens with one attached hydrogen (secondary N) is 1. The van der Waals surface area contributed by atoms with Crippen molar-refractivity contribution in [3.63, 3.8) is 0 Å². The molecule has 1 N–H and O–H groups in total. The number of rotatable bonds is 2. The second kappa shape index (κ2) is 4.78. The molecule has 0 aliphatic heterocycles. The van der Waals surface area contributed by atoms with Crippen molar-refractivity contribution in [2.24, 2.45) is 0 Å². The van der Waals surface area contributed by atoms with E-state index in [0.717, 1.165) is 16.8 Å². The molecule has 1 heterocycles. The quantitative estimate of drug-likeness (QED) is 0.855. The van der Waals surface area contributed by atoms with E-state index in [1.165, 1.54) is 0 Å². The molecule has 0 radical (unpaired) electrons. The number of hydrogen-bond acceptors (Lipinski definition) is 2. The van der Waals surface area contributed by atoms with E-state index in [1.54, 1.807) is 24.5 Å². The first-order chi connectivity index (χ1) is 8.16. The highest BCUT2D eigenvalue weighted by atomic mass is 16.1. The number of anilines is 1. The van der Waals surface area contributed by atoms with E-state index in [0.29, 0.717) is 5.56 Å². The number of pyridine rings is 1. The number of nitrogens with zero attached hydrogens (tertiary/aromatic N) is 1. The summed E-state index contributed by atoms with van der Waals surface area (Å²) in [7, 11) is 0. The van der Waals surface area contributed by atoms with E-state index in [1.807, 2.05) is 32.0 Å². The molecule has 0 saturated carbocycles. The minimum absolute atomic E-state index is 0.133. The molecule has 0 unspecified atom stereocenters. The van der Waals surface area contributed by atoms with Gasteiger partial charge < -0.3 is 5.32 Å². The number of hydrogen-bond donors (Lipinski definition) is 1. The fraction of sp³-hybridized carbons (Fsp3) is 0.143. The number of carbonyl (C=O) groups excluding carboxylic acids is 1. The minimum atomic E-state index is -0.133. The molecule has 0 aliphatic carbocycles. The van der Waals surface area contributed by atoms with Gasteiger partial charge in [-0.15, -0.1) is 0 Å². The normalized spacial score (nSPS) is 10.0. The number of carbonyl (C=O) groups is 1. The lowest BCUT2D eigenvalue weighted by atomic mass is 10.1. The third-order valence-corrected chi connectivity index (χ3v) is 2.56. The Kier molecular flexibility index (Phi) is 3.19. The molecule has 0 bridgehead atoms. The van der Waals surface area contributed by atoms with Crippen LogP contribution in [0.2, 0.25) is 0 Å². The van der Waals surface area contributed by atoms with Crippen molar-refractivity contribution in [2.75, 3.05) is 5.32 Å². The zero-order valence-corrected chi connectivity index (χ0v) is 9.90. The fourth-order valence-electron chi connectivity index (χ4n) is 1.56. The van der Waals surface area contributed by atoms with Crippen LogP contribution in [0, 0.1) is 13.8 Å². The molecular formula is C14H14N2O. The smallest absolute Gasteiger partial charge is 0.257 e. The molecule has 1 aromatic heterocycles. The summed E-state index contributed by atoms with van der Waals surface area (Å²) >= 11 is 0. The van der Waals surface area contributed by atoms with Crippen molar-refractivity contribution in [1.82, 2.24) is 4.98 Å². The summed E-state index contributed by atoms with van der Waals surface area (Å²) in [5, 5.41) is 2.89. The molecular weight excluding hydrogens is 212 g/mol. The molecule has 0 fully saturated rings. The van der Waals surface area contributed by atoms with E-state index in [4.69, 9.17) is 0 Å². The second-order valence-corrected chi connectivity index (χ2v) is 4.01. The highest BCUT2D eigenvalue weighted by Crippen LogP contribution is 2.17. The number of aromatic nitrogens is 1. The molecule has 2 aromatic rings. The van der Waals surface area contributed by atoms with Crippen LogP contribution in [0.1, 0.15) is 21.5 Å². The summed E-state index contributed by atoms with van der Waals surface area (Å²) in [6.45, 7) is 3.97. The van der Waals surface area contributed by atoms with Gasteiger partial charge in [0.15, 0.2) is 0 Å². The molecule has 3 nitrogen and oxygen atoms in total. The molecule has 2 rings (SSSR count). The first-order valence-corrected chi connectivity index (χ1v) is 5.45. The van der Waals surface area contributed by atoms with Crippen molar-refractivity contribution in [2.45, 2.75) is 13.8 Å². The summed E-state index contributed by atoms with van der Waals surface area (Å²) in [6.07, 6.45) is 3.20. The van der Waals surface area contributed by atoms with Gasteiger partial charge in [0.2, 0.25) is 0 Å². The van der Waals surface area contributed by atoms with Gasteiger partial charge in [-0.1, -0.05) is 12.1 Å². The van der Waals surface area contributed by atoms with E-state index < -0.39 is 0 Å². The third-order valence-electron chi connectivity index (χ3n) is 2.56. The first kappa shape index (κ1) is 11.3. The maximum Gasteiger partial charge on any atom is 0.257 e. The number of aryl methyl sites for hydroxylation is 2. The molecule has 0 saturated heterocycles. The summed E-state index contributed by atoms with van der Waals surface area (Å²) in [5.74, 6) is -0.133. The van der Waals surface area contributed by atoms with Crippen molar-refractivity contribution in [3.8, 4) is 0 Å². The van der Waals surface area contributed by atoms with Crippen molar-refractivity contribution in [1.29, 1.82) is 0 Å². The Hall–Kier alpha value is -2.16. The van der Waals surface area contributed by atoms with Gasteiger partial charge in [0, 0.05) is 18.1 Å². The van der Waals surface area contributed by atoms with Crippen LogP contribution in [0.4, 0.5) is 5.69 Å². The molecule has 0 spiro atoms. The molecule has 0 atom stereocenters. The molecule has 17 heavy (non-hydrogen) atoms. The predicted molar refractivity (Wildman–Crippen MR) is 68.1 cm³/mol. The molecule has 1 aromatic carbocycles. The standard InChI is InChI=1S/C14H14N2O/c1-10-5-6-11(2)13(8-10)16-14(17)12-4-3-7-15-9-12/h3-9H,1-2H3,(H,16,17). The van der Waals surface area contributed by atoms with E-state index >= 15 is 0 Å². The summed E-state index contributed by atoms with van der Waals surface area (Å²) in [6, 6.07) is 9.47. The maximum atomic E-state index is 11.9. The monoisotopic (exact) mass is 226 g/mol. The van der Waals surface area contributed by atoms with Crippen molar-refractivity contribution in [3.05, 3.63) is 59.4 Å². The van der Waals surface area contributed by atoms with Crippen LogP contribution >= 0.6 is 0 Å². The average Bonchev–Trinajstić information content (AvgIpc) is 2.35. The Morgan fingerprint density at radius 2 is 2.06 bits per heavy atom. The molecule has 86 valence electrons. The lowest BCUT2D eigenvalue weighted by Gasteiger charge is -2.09. The van der Waals surface area contributed by atoms with Crippen LogP contribution in [0.15, 0.2) is 42.7 Å². The van der Waals surface area contributed by atoms with Crippen molar-refractivity contribution < 1.29 is 4.79 Å². The molecule has 0 aliphatic rings. The summed E-state index contributed by atoms with van der Waals surface area (Å²) in [5.41, 5.74) is 3.58. The van der Waals surface area contributed by atoms with Crippen molar-refractivity contribution >= 4 is 11.6 Å². The van der Waals surface area contributed by atoms with E-state index in [-0.39, 0.29) is 5.91 Å². The highest BCUT2D eigenvalue weighted by Gasteiger charge is 2.07. The van der Waals surface area contributed by atoms with Gasteiger partial charge in [-0.3, -0.25) is 9.78 Å². The Morgan fingerprint density at radius 1 is 1.24 bits per heavy atom. The zero-order chi connectivity index (χ0) is 12.3. The van der Waals surface area contributed by atoms with Crippen LogP contribution in [-0.2, 0) is 0 Å². The fourth-order valence-corrected chi connectivity index (χ4v) is 1.56. The van der Waals surface area contributed by atoms with Gasteiger partial charge in [-0.25, -0.2) is 0 Å². The van der Waals surface area contributed by atoms with Crippen LogP contribution in [0.3, 0.4) is 0 Å². The average molecular weight is 226 g/mol. The largest absolute Gasteiger partial charge is 0.322 e. The lowest BCUT2D eigenvalue weighted by molar-refractivity contribution is 0.102. The van der Waals surface area contributed by atoms with Crippen LogP contribution in [0.25, 0.3) is 0 Å².